The van der Waals surface area contributed by atoms with Gasteiger partial charge in [0.1, 0.15) is 5.75 Å². The van der Waals surface area contributed by atoms with Crippen molar-refractivity contribution in [2.24, 2.45) is 0 Å². The van der Waals surface area contributed by atoms with Gasteiger partial charge in [0.25, 0.3) is 0 Å². The second-order valence-electron chi connectivity index (χ2n) is 4.46. The van der Waals surface area contributed by atoms with Crippen molar-refractivity contribution in [2.45, 2.75) is 19.9 Å². The molecule has 4 heteroatoms. The molecule has 0 aliphatic heterocycles. The summed E-state index contributed by atoms with van der Waals surface area (Å²) in [4.78, 5) is 0. The Hall–Kier alpha value is -1.19. The van der Waals surface area contributed by atoms with E-state index >= 15 is 0 Å². The molecule has 0 aliphatic rings. The van der Waals surface area contributed by atoms with E-state index in [1.165, 1.54) is 0 Å². The quantitative estimate of drug-likeness (QED) is 0.739. The van der Waals surface area contributed by atoms with Gasteiger partial charge >= 0.3 is 0 Å². The predicted molar refractivity (Wildman–Crippen MR) is 88.7 cm³/mol. The average molecular weight is 355 g/mol. The zero-order valence-electron chi connectivity index (χ0n) is 11.3. The topological polar surface area (TPSA) is 21.3 Å². The molecule has 2 rings (SSSR count). The molecule has 0 heterocycles. The minimum Gasteiger partial charge on any atom is -0.494 e. The lowest BCUT2D eigenvalue weighted by Crippen LogP contribution is -2.00. The Bertz CT molecular complexity index is 557. The molecule has 2 aromatic rings. The molecule has 0 fully saturated rings. The zero-order valence-corrected chi connectivity index (χ0v) is 13.7. The smallest absolute Gasteiger partial charge is 0.119 e. The lowest BCUT2D eigenvalue weighted by molar-refractivity contribution is 0.317. The Labute approximate surface area is 133 Å². The number of ether oxygens (including phenoxy) is 1. The van der Waals surface area contributed by atoms with Crippen molar-refractivity contribution in [3.63, 3.8) is 0 Å². The van der Waals surface area contributed by atoms with Gasteiger partial charge in [0.2, 0.25) is 0 Å². The third kappa shape index (κ3) is 4.43. The van der Waals surface area contributed by atoms with Crippen LogP contribution >= 0.6 is 27.5 Å². The second kappa shape index (κ2) is 7.55. The Morgan fingerprint density at radius 3 is 2.60 bits per heavy atom. The van der Waals surface area contributed by atoms with Gasteiger partial charge in [0.05, 0.1) is 6.61 Å². The third-order valence-electron chi connectivity index (χ3n) is 2.82. The first-order chi connectivity index (χ1) is 9.69. The van der Waals surface area contributed by atoms with Crippen molar-refractivity contribution >= 4 is 33.2 Å². The number of rotatable bonds is 6. The highest BCUT2D eigenvalue weighted by Crippen LogP contribution is 2.23. The highest BCUT2D eigenvalue weighted by atomic mass is 79.9. The predicted octanol–water partition coefficient (Wildman–Crippen LogP) is 5.50. The van der Waals surface area contributed by atoms with Crippen LogP contribution in [0.1, 0.15) is 18.9 Å². The second-order valence-corrected chi connectivity index (χ2v) is 5.75. The van der Waals surface area contributed by atoms with Crippen LogP contribution in [0.25, 0.3) is 0 Å². The molecular weight excluding hydrogens is 338 g/mol. The summed E-state index contributed by atoms with van der Waals surface area (Å²) in [6.45, 7) is 3.57. The molecule has 0 unspecified atom stereocenters. The molecule has 0 atom stereocenters. The summed E-state index contributed by atoms with van der Waals surface area (Å²) in [6, 6.07) is 13.8. The van der Waals surface area contributed by atoms with Crippen molar-refractivity contribution < 1.29 is 4.74 Å². The molecule has 106 valence electrons. The Balaban J connectivity index is 1.95. The fraction of sp³-hybridized carbons (Fsp3) is 0.250. The molecule has 20 heavy (non-hydrogen) atoms. The van der Waals surface area contributed by atoms with Gasteiger partial charge in [-0.25, -0.2) is 0 Å². The monoisotopic (exact) mass is 353 g/mol. The molecule has 1 N–H and O–H groups in total. The van der Waals surface area contributed by atoms with E-state index in [1.807, 2.05) is 42.5 Å². The summed E-state index contributed by atoms with van der Waals surface area (Å²) in [7, 11) is 0. The van der Waals surface area contributed by atoms with Crippen molar-refractivity contribution in [2.75, 3.05) is 11.9 Å². The highest BCUT2D eigenvalue weighted by molar-refractivity contribution is 9.10. The maximum atomic E-state index is 6.00. The fourth-order valence-corrected chi connectivity index (χ4v) is 2.35. The van der Waals surface area contributed by atoms with Gasteiger partial charge in [-0.05, 0) is 54.4 Å². The Kier molecular flexibility index (Phi) is 5.74. The number of nitrogens with one attached hydrogen (secondary N) is 1. The van der Waals surface area contributed by atoms with Crippen LogP contribution in [0.3, 0.4) is 0 Å². The van der Waals surface area contributed by atoms with E-state index < -0.39 is 0 Å². The third-order valence-corrected chi connectivity index (χ3v) is 3.83. The molecule has 0 saturated carbocycles. The van der Waals surface area contributed by atoms with Crippen LogP contribution in [-0.4, -0.2) is 6.61 Å². The summed E-state index contributed by atoms with van der Waals surface area (Å²) in [6.07, 6.45) is 1.02. The van der Waals surface area contributed by atoms with E-state index in [0.29, 0.717) is 0 Å². The van der Waals surface area contributed by atoms with Crippen molar-refractivity contribution in [3.8, 4) is 5.75 Å². The number of benzene rings is 2. The zero-order chi connectivity index (χ0) is 14.4. The summed E-state index contributed by atoms with van der Waals surface area (Å²) < 4.78 is 6.61. The maximum Gasteiger partial charge on any atom is 0.119 e. The molecule has 0 aromatic heterocycles. The van der Waals surface area contributed by atoms with Crippen molar-refractivity contribution in [3.05, 3.63) is 57.5 Å². The molecule has 0 amide bonds. The van der Waals surface area contributed by atoms with Gasteiger partial charge in [-0.1, -0.05) is 34.5 Å². The van der Waals surface area contributed by atoms with E-state index in [0.717, 1.165) is 46.1 Å². The minimum atomic E-state index is 0.719. The summed E-state index contributed by atoms with van der Waals surface area (Å²) in [5.74, 6) is 0.904. The SMILES string of the molecule is CCCOc1ccc(NCc2cc(Cl)ccc2Br)cc1. The number of halogens is 2. The van der Waals surface area contributed by atoms with Crippen LogP contribution in [0, 0.1) is 0 Å². The van der Waals surface area contributed by atoms with Crippen LogP contribution in [0.15, 0.2) is 46.9 Å². The number of hydrogen-bond acceptors (Lipinski definition) is 2. The number of anilines is 1. The standard InChI is InChI=1S/C16H17BrClNO/c1-2-9-20-15-6-4-14(5-7-15)19-11-12-10-13(18)3-8-16(12)17/h3-8,10,19H,2,9,11H2,1H3. The van der Waals surface area contributed by atoms with Crippen LogP contribution < -0.4 is 10.1 Å². The molecular formula is C16H17BrClNO. The molecule has 2 aromatic carbocycles. The molecule has 2 nitrogen and oxygen atoms in total. The maximum absolute atomic E-state index is 6.00. The largest absolute Gasteiger partial charge is 0.494 e. The van der Waals surface area contributed by atoms with Gasteiger partial charge in [0, 0.05) is 21.7 Å². The van der Waals surface area contributed by atoms with E-state index in [-0.39, 0.29) is 0 Å². The lowest BCUT2D eigenvalue weighted by Gasteiger charge is -2.10. The molecule has 0 spiro atoms. The van der Waals surface area contributed by atoms with Gasteiger partial charge in [-0.15, -0.1) is 0 Å². The molecule has 0 radical (unpaired) electrons. The van der Waals surface area contributed by atoms with Crippen molar-refractivity contribution in [1.29, 1.82) is 0 Å². The van der Waals surface area contributed by atoms with Crippen LogP contribution in [0.2, 0.25) is 5.02 Å². The minimum absolute atomic E-state index is 0.719. The first kappa shape index (κ1) is 15.2. The van der Waals surface area contributed by atoms with Gasteiger partial charge in [0.15, 0.2) is 0 Å². The van der Waals surface area contributed by atoms with Crippen LogP contribution in [0.4, 0.5) is 5.69 Å². The molecule has 0 saturated heterocycles. The lowest BCUT2D eigenvalue weighted by atomic mass is 10.2. The van der Waals surface area contributed by atoms with E-state index in [4.69, 9.17) is 16.3 Å². The van der Waals surface area contributed by atoms with E-state index in [1.54, 1.807) is 0 Å². The van der Waals surface area contributed by atoms with E-state index in [9.17, 15) is 0 Å². The van der Waals surface area contributed by atoms with E-state index in [2.05, 4.69) is 28.2 Å². The van der Waals surface area contributed by atoms with Gasteiger partial charge in [-0.2, -0.15) is 0 Å². The summed E-state index contributed by atoms with van der Waals surface area (Å²) >= 11 is 9.53. The highest BCUT2D eigenvalue weighted by Gasteiger charge is 2.01. The van der Waals surface area contributed by atoms with Gasteiger partial charge in [-0.3, -0.25) is 0 Å². The van der Waals surface area contributed by atoms with Crippen LogP contribution in [-0.2, 0) is 6.54 Å². The van der Waals surface area contributed by atoms with Crippen molar-refractivity contribution in [1.82, 2.24) is 0 Å². The fourth-order valence-electron chi connectivity index (χ4n) is 1.76. The normalized spacial score (nSPS) is 10.3. The average Bonchev–Trinajstić information content (AvgIpc) is 2.47. The Morgan fingerprint density at radius 1 is 1.15 bits per heavy atom. The molecule has 0 aliphatic carbocycles. The number of hydrogen-bond donors (Lipinski definition) is 1. The summed E-state index contributed by atoms with van der Waals surface area (Å²) in [5.41, 5.74) is 2.18. The Morgan fingerprint density at radius 2 is 1.90 bits per heavy atom. The first-order valence-corrected chi connectivity index (χ1v) is 7.77. The van der Waals surface area contributed by atoms with Crippen LogP contribution in [0.5, 0.6) is 5.75 Å². The first-order valence-electron chi connectivity index (χ1n) is 6.59. The molecule has 0 bridgehead atoms. The summed E-state index contributed by atoms with van der Waals surface area (Å²) in [5, 5.41) is 4.11. The van der Waals surface area contributed by atoms with Gasteiger partial charge < -0.3 is 10.1 Å².